The van der Waals surface area contributed by atoms with Crippen LogP contribution in [0.5, 0.6) is 0 Å². The summed E-state index contributed by atoms with van der Waals surface area (Å²) in [4.78, 5) is 19.2. The third-order valence-corrected chi connectivity index (χ3v) is 6.05. The van der Waals surface area contributed by atoms with Gasteiger partial charge in [-0.25, -0.2) is 13.6 Å². The summed E-state index contributed by atoms with van der Waals surface area (Å²) in [5.41, 5.74) is 4.06. The SMILES string of the molecule is CC1=C(c2nc(-c3ccc(F)cc3)no2)C(c2ccc(C)cc2)NC(=O)N1Cc1ccccc1F. The van der Waals surface area contributed by atoms with E-state index in [-0.39, 0.29) is 24.3 Å². The van der Waals surface area contributed by atoms with Crippen LogP contribution in [-0.2, 0) is 6.54 Å². The number of allylic oxidation sites excluding steroid dienone is 1. The Balaban J connectivity index is 1.60. The van der Waals surface area contributed by atoms with Gasteiger partial charge in [-0.1, -0.05) is 53.2 Å². The predicted molar refractivity (Wildman–Crippen MR) is 127 cm³/mol. The molecule has 0 fully saturated rings. The molecule has 0 saturated carbocycles. The molecule has 0 saturated heterocycles. The highest BCUT2D eigenvalue weighted by molar-refractivity contribution is 5.86. The zero-order chi connectivity index (χ0) is 24.5. The van der Waals surface area contributed by atoms with Crippen LogP contribution in [0.4, 0.5) is 13.6 Å². The number of hydrogen-bond acceptors (Lipinski definition) is 4. The molecule has 4 aromatic rings. The number of aryl methyl sites for hydroxylation is 1. The van der Waals surface area contributed by atoms with E-state index in [2.05, 4.69) is 15.5 Å². The molecule has 1 aliphatic heterocycles. The van der Waals surface area contributed by atoms with Crippen LogP contribution in [0.2, 0.25) is 0 Å². The summed E-state index contributed by atoms with van der Waals surface area (Å²) in [6.07, 6.45) is 0. The summed E-state index contributed by atoms with van der Waals surface area (Å²) in [7, 11) is 0. The average molecular weight is 472 g/mol. The van der Waals surface area contributed by atoms with Crippen LogP contribution in [0.1, 0.15) is 35.5 Å². The maximum absolute atomic E-state index is 14.4. The molecular formula is C27H22F2N4O2. The standard InChI is InChI=1S/C27H22F2N4O2/c1-16-7-9-18(10-8-16)24-23(26-31-25(32-35-26)19-11-13-21(28)14-12-19)17(2)33(27(34)30-24)15-20-5-3-4-6-22(20)29/h3-14,24H,15H2,1-2H3,(H,30,34). The Morgan fingerprint density at radius 2 is 1.69 bits per heavy atom. The predicted octanol–water partition coefficient (Wildman–Crippen LogP) is 6.02. The van der Waals surface area contributed by atoms with Crippen molar-refractivity contribution < 1.29 is 18.1 Å². The van der Waals surface area contributed by atoms with Crippen LogP contribution in [0, 0.1) is 18.6 Å². The zero-order valence-corrected chi connectivity index (χ0v) is 19.1. The number of hydrogen-bond donors (Lipinski definition) is 1. The first kappa shape index (κ1) is 22.5. The minimum Gasteiger partial charge on any atom is -0.334 e. The van der Waals surface area contributed by atoms with Gasteiger partial charge in [0.1, 0.15) is 11.6 Å². The maximum atomic E-state index is 14.4. The molecule has 0 spiro atoms. The lowest BCUT2D eigenvalue weighted by Crippen LogP contribution is -2.45. The van der Waals surface area contributed by atoms with Crippen LogP contribution >= 0.6 is 0 Å². The highest BCUT2D eigenvalue weighted by atomic mass is 19.1. The molecule has 2 amide bonds. The minimum absolute atomic E-state index is 0.0351. The fraction of sp³-hybridized carbons (Fsp3) is 0.148. The maximum Gasteiger partial charge on any atom is 0.322 e. The van der Waals surface area contributed by atoms with E-state index in [1.165, 1.54) is 23.1 Å². The van der Waals surface area contributed by atoms with Crippen LogP contribution in [-0.4, -0.2) is 21.1 Å². The topological polar surface area (TPSA) is 71.3 Å². The normalized spacial score (nSPS) is 15.9. The lowest BCUT2D eigenvalue weighted by Gasteiger charge is -2.35. The van der Waals surface area contributed by atoms with E-state index >= 15 is 0 Å². The second-order valence-electron chi connectivity index (χ2n) is 8.40. The number of nitrogens with zero attached hydrogens (tertiary/aromatic N) is 3. The van der Waals surface area contributed by atoms with E-state index in [0.717, 1.165) is 11.1 Å². The number of nitrogens with one attached hydrogen (secondary N) is 1. The number of benzene rings is 3. The van der Waals surface area contributed by atoms with E-state index in [1.807, 2.05) is 31.2 Å². The number of carbonyl (C=O) groups is 1. The van der Waals surface area contributed by atoms with E-state index in [9.17, 15) is 13.6 Å². The zero-order valence-electron chi connectivity index (χ0n) is 19.1. The van der Waals surface area contributed by atoms with Gasteiger partial charge in [0, 0.05) is 16.8 Å². The molecule has 0 aliphatic carbocycles. The van der Waals surface area contributed by atoms with Gasteiger partial charge in [0.25, 0.3) is 5.89 Å². The highest BCUT2D eigenvalue weighted by Crippen LogP contribution is 2.38. The molecule has 6 nitrogen and oxygen atoms in total. The molecule has 3 aromatic carbocycles. The van der Waals surface area contributed by atoms with Gasteiger partial charge in [-0.05, 0) is 49.7 Å². The van der Waals surface area contributed by atoms with Gasteiger partial charge in [-0.2, -0.15) is 4.98 Å². The van der Waals surface area contributed by atoms with Gasteiger partial charge in [0.2, 0.25) is 5.82 Å². The molecule has 2 heterocycles. The molecule has 1 aromatic heterocycles. The smallest absolute Gasteiger partial charge is 0.322 e. The minimum atomic E-state index is -0.554. The van der Waals surface area contributed by atoms with Crippen LogP contribution in [0.25, 0.3) is 17.0 Å². The molecule has 1 N–H and O–H groups in total. The van der Waals surface area contributed by atoms with Crippen LogP contribution < -0.4 is 5.32 Å². The molecule has 5 rings (SSSR count). The van der Waals surface area contributed by atoms with Gasteiger partial charge < -0.3 is 9.84 Å². The highest BCUT2D eigenvalue weighted by Gasteiger charge is 2.36. The number of rotatable bonds is 5. The second kappa shape index (κ2) is 9.13. The van der Waals surface area contributed by atoms with E-state index in [4.69, 9.17) is 4.52 Å². The summed E-state index contributed by atoms with van der Waals surface area (Å²) in [5, 5.41) is 7.08. The van der Waals surface area contributed by atoms with Crippen molar-refractivity contribution in [3.63, 3.8) is 0 Å². The van der Waals surface area contributed by atoms with Gasteiger partial charge >= 0.3 is 6.03 Å². The first-order chi connectivity index (χ1) is 16.9. The van der Waals surface area contributed by atoms with Crippen molar-refractivity contribution in [2.24, 2.45) is 0 Å². The summed E-state index contributed by atoms with van der Waals surface area (Å²) >= 11 is 0. The number of urea groups is 1. The number of amides is 2. The van der Waals surface area contributed by atoms with E-state index < -0.39 is 11.9 Å². The Labute approximate surface area is 200 Å². The van der Waals surface area contributed by atoms with Crippen molar-refractivity contribution in [3.8, 4) is 11.4 Å². The van der Waals surface area contributed by atoms with Gasteiger partial charge in [0.15, 0.2) is 0 Å². The average Bonchev–Trinajstić information content (AvgIpc) is 3.33. The number of aromatic nitrogens is 2. The Hall–Kier alpha value is -4.33. The molecule has 8 heteroatoms. The second-order valence-corrected chi connectivity index (χ2v) is 8.40. The Bertz CT molecular complexity index is 1410. The molecular weight excluding hydrogens is 450 g/mol. The van der Waals surface area contributed by atoms with Crippen molar-refractivity contribution in [3.05, 3.63) is 113 Å². The van der Waals surface area contributed by atoms with E-state index in [1.54, 1.807) is 37.3 Å². The van der Waals surface area contributed by atoms with Crippen molar-refractivity contribution in [2.45, 2.75) is 26.4 Å². The van der Waals surface area contributed by atoms with Gasteiger partial charge in [-0.15, -0.1) is 0 Å². The summed E-state index contributed by atoms with van der Waals surface area (Å²) in [5.74, 6) is -0.257. The molecule has 1 unspecified atom stereocenters. The fourth-order valence-corrected chi connectivity index (χ4v) is 4.10. The number of halogens is 2. The fourth-order valence-electron chi connectivity index (χ4n) is 4.10. The summed E-state index contributed by atoms with van der Waals surface area (Å²) < 4.78 is 33.4. The van der Waals surface area contributed by atoms with Crippen molar-refractivity contribution in [2.75, 3.05) is 0 Å². The van der Waals surface area contributed by atoms with Crippen LogP contribution in [0.15, 0.2) is 83.0 Å². The third-order valence-electron chi connectivity index (χ3n) is 6.05. The Kier molecular flexibility index (Phi) is 5.86. The lowest BCUT2D eigenvalue weighted by atomic mass is 9.94. The lowest BCUT2D eigenvalue weighted by molar-refractivity contribution is 0.202. The third kappa shape index (κ3) is 4.42. The Morgan fingerprint density at radius 3 is 2.40 bits per heavy atom. The first-order valence-corrected chi connectivity index (χ1v) is 11.1. The summed E-state index contributed by atoms with van der Waals surface area (Å²) in [6, 6.07) is 19.0. The van der Waals surface area contributed by atoms with Gasteiger partial charge in [-0.3, -0.25) is 4.90 Å². The largest absolute Gasteiger partial charge is 0.334 e. The monoisotopic (exact) mass is 472 g/mol. The van der Waals surface area contributed by atoms with Crippen LogP contribution in [0.3, 0.4) is 0 Å². The summed E-state index contributed by atoms with van der Waals surface area (Å²) in [6.45, 7) is 3.79. The molecule has 176 valence electrons. The number of carbonyl (C=O) groups excluding carboxylic acids is 1. The molecule has 0 radical (unpaired) electrons. The molecule has 1 atom stereocenters. The Morgan fingerprint density at radius 1 is 0.971 bits per heavy atom. The van der Waals surface area contributed by atoms with E-state index in [0.29, 0.717) is 28.2 Å². The molecule has 35 heavy (non-hydrogen) atoms. The van der Waals surface area contributed by atoms with Gasteiger partial charge in [0.05, 0.1) is 18.2 Å². The molecule has 1 aliphatic rings. The van der Waals surface area contributed by atoms with Crippen molar-refractivity contribution >= 4 is 11.6 Å². The van der Waals surface area contributed by atoms with Crippen molar-refractivity contribution in [1.29, 1.82) is 0 Å². The van der Waals surface area contributed by atoms with Crippen molar-refractivity contribution in [1.82, 2.24) is 20.4 Å². The first-order valence-electron chi connectivity index (χ1n) is 11.1. The quantitative estimate of drug-likeness (QED) is 0.386. The molecule has 0 bridgehead atoms.